The van der Waals surface area contributed by atoms with Gasteiger partial charge in [0.25, 0.3) is 0 Å². The molecule has 0 saturated carbocycles. The van der Waals surface area contributed by atoms with Crippen LogP contribution in [0.5, 0.6) is 5.75 Å². The molecule has 1 aromatic carbocycles. The van der Waals surface area contributed by atoms with E-state index in [1.807, 2.05) is 0 Å². The van der Waals surface area contributed by atoms with E-state index in [9.17, 15) is 12.8 Å². The number of rotatable bonds is 4. The second kappa shape index (κ2) is 5.46. The van der Waals surface area contributed by atoms with Crippen LogP contribution < -0.4 is 4.74 Å². The average Bonchev–Trinajstić information content (AvgIpc) is 2.86. The minimum absolute atomic E-state index is 0.0223. The summed E-state index contributed by atoms with van der Waals surface area (Å²) in [6, 6.07) is 3.75. The molecule has 0 aliphatic carbocycles. The summed E-state index contributed by atoms with van der Waals surface area (Å²) >= 11 is 1.55. The molecule has 1 fully saturated rings. The van der Waals surface area contributed by atoms with Crippen LogP contribution >= 0.6 is 11.8 Å². The van der Waals surface area contributed by atoms with Crippen LogP contribution in [-0.4, -0.2) is 37.5 Å². The predicted molar refractivity (Wildman–Crippen MR) is 68.8 cm³/mol. The number of ether oxygens (including phenoxy) is 1. The Morgan fingerprint density at radius 1 is 1.50 bits per heavy atom. The quantitative estimate of drug-likeness (QED) is 0.850. The van der Waals surface area contributed by atoms with Gasteiger partial charge in [-0.2, -0.15) is 4.31 Å². The van der Waals surface area contributed by atoms with Crippen molar-refractivity contribution in [3.8, 4) is 5.75 Å². The lowest BCUT2D eigenvalue weighted by molar-refractivity contribution is 0.321. The van der Waals surface area contributed by atoms with Crippen molar-refractivity contribution in [3.63, 3.8) is 0 Å². The Morgan fingerprint density at radius 2 is 2.28 bits per heavy atom. The Labute approximate surface area is 110 Å². The van der Waals surface area contributed by atoms with Gasteiger partial charge in [0.05, 0.1) is 17.4 Å². The zero-order valence-electron chi connectivity index (χ0n) is 9.93. The third kappa shape index (κ3) is 2.62. The standard InChI is InChI=1S/C11H14FNO3S2/c1-2-16-11-4-3-9(7-10(11)12)18(14,15)13-5-6-17-8-13/h3-4,7H,2,5-6,8H2,1H3. The SMILES string of the molecule is CCOc1ccc(S(=O)(=O)N2CCSC2)cc1F. The van der Waals surface area contributed by atoms with E-state index < -0.39 is 15.8 Å². The van der Waals surface area contributed by atoms with Gasteiger partial charge in [0, 0.05) is 12.3 Å². The lowest BCUT2D eigenvalue weighted by atomic mass is 10.3. The van der Waals surface area contributed by atoms with E-state index >= 15 is 0 Å². The smallest absolute Gasteiger partial charge is 0.243 e. The van der Waals surface area contributed by atoms with Crippen molar-refractivity contribution in [3.05, 3.63) is 24.0 Å². The Balaban J connectivity index is 2.30. The van der Waals surface area contributed by atoms with Crippen molar-refractivity contribution < 1.29 is 17.5 Å². The summed E-state index contributed by atoms with van der Waals surface area (Å²) in [5.41, 5.74) is 0. The highest BCUT2D eigenvalue weighted by molar-refractivity contribution is 8.00. The summed E-state index contributed by atoms with van der Waals surface area (Å²) in [5.74, 6) is 0.632. The maximum absolute atomic E-state index is 13.6. The monoisotopic (exact) mass is 291 g/mol. The molecule has 2 rings (SSSR count). The average molecular weight is 291 g/mol. The highest BCUT2D eigenvalue weighted by Gasteiger charge is 2.28. The van der Waals surface area contributed by atoms with E-state index in [0.29, 0.717) is 19.0 Å². The van der Waals surface area contributed by atoms with Crippen molar-refractivity contribution >= 4 is 21.8 Å². The molecule has 0 atom stereocenters. The third-order valence-electron chi connectivity index (χ3n) is 2.56. The maximum Gasteiger partial charge on any atom is 0.243 e. The first-order chi connectivity index (χ1) is 8.55. The van der Waals surface area contributed by atoms with Crippen LogP contribution in [0.4, 0.5) is 4.39 Å². The van der Waals surface area contributed by atoms with Gasteiger partial charge in [-0.3, -0.25) is 0 Å². The van der Waals surface area contributed by atoms with Crippen LogP contribution in [-0.2, 0) is 10.0 Å². The molecule has 0 amide bonds. The molecule has 7 heteroatoms. The number of thioether (sulfide) groups is 1. The topological polar surface area (TPSA) is 46.6 Å². The number of nitrogens with zero attached hydrogens (tertiary/aromatic N) is 1. The minimum atomic E-state index is -3.58. The summed E-state index contributed by atoms with van der Waals surface area (Å²) in [6.45, 7) is 2.55. The second-order valence-electron chi connectivity index (χ2n) is 3.74. The molecule has 4 nitrogen and oxygen atoms in total. The lowest BCUT2D eigenvalue weighted by Crippen LogP contribution is -2.28. The van der Waals surface area contributed by atoms with Crippen molar-refractivity contribution in [2.45, 2.75) is 11.8 Å². The first-order valence-corrected chi connectivity index (χ1v) is 8.15. The zero-order chi connectivity index (χ0) is 13.2. The highest BCUT2D eigenvalue weighted by Crippen LogP contribution is 2.26. The fraction of sp³-hybridized carbons (Fsp3) is 0.455. The molecule has 18 heavy (non-hydrogen) atoms. The van der Waals surface area contributed by atoms with Gasteiger partial charge in [-0.15, -0.1) is 11.8 Å². The van der Waals surface area contributed by atoms with Crippen molar-refractivity contribution in [1.29, 1.82) is 0 Å². The Kier molecular flexibility index (Phi) is 4.14. The molecule has 100 valence electrons. The van der Waals surface area contributed by atoms with Crippen molar-refractivity contribution in [2.75, 3.05) is 24.8 Å². The van der Waals surface area contributed by atoms with Gasteiger partial charge in [0.15, 0.2) is 11.6 Å². The van der Waals surface area contributed by atoms with Gasteiger partial charge in [-0.25, -0.2) is 12.8 Å². The van der Waals surface area contributed by atoms with E-state index in [0.717, 1.165) is 11.8 Å². The van der Waals surface area contributed by atoms with E-state index in [4.69, 9.17) is 4.74 Å². The molecule has 0 unspecified atom stereocenters. The Hall–Kier alpha value is -0.790. The lowest BCUT2D eigenvalue weighted by Gasteiger charge is -2.15. The van der Waals surface area contributed by atoms with Gasteiger partial charge in [0.2, 0.25) is 10.0 Å². The summed E-state index contributed by atoms with van der Waals surface area (Å²) in [4.78, 5) is -0.0223. The Bertz CT molecular complexity index is 527. The van der Waals surface area contributed by atoms with Gasteiger partial charge >= 0.3 is 0 Å². The van der Waals surface area contributed by atoms with Crippen molar-refractivity contribution in [1.82, 2.24) is 4.31 Å². The molecule has 0 bridgehead atoms. The van der Waals surface area contributed by atoms with E-state index in [2.05, 4.69) is 0 Å². The first kappa shape index (κ1) is 13.6. The third-order valence-corrected chi connectivity index (χ3v) is 5.53. The zero-order valence-corrected chi connectivity index (χ0v) is 11.6. The number of benzene rings is 1. The highest BCUT2D eigenvalue weighted by atomic mass is 32.2. The summed E-state index contributed by atoms with van der Waals surface area (Å²) < 4.78 is 44.4. The molecule has 0 radical (unpaired) electrons. The van der Waals surface area contributed by atoms with Crippen LogP contribution in [0.25, 0.3) is 0 Å². The summed E-state index contributed by atoms with van der Waals surface area (Å²) in [5, 5.41) is 0. The van der Waals surface area contributed by atoms with Crippen LogP contribution in [0.1, 0.15) is 6.92 Å². The molecule has 1 saturated heterocycles. The largest absolute Gasteiger partial charge is 0.491 e. The van der Waals surface area contributed by atoms with Gasteiger partial charge in [-0.05, 0) is 25.1 Å². The molecule has 1 aliphatic rings. The first-order valence-electron chi connectivity index (χ1n) is 5.56. The molecule has 0 spiro atoms. The van der Waals surface area contributed by atoms with E-state index in [-0.39, 0.29) is 10.6 Å². The van der Waals surface area contributed by atoms with E-state index in [1.165, 1.54) is 16.4 Å². The molecule has 0 N–H and O–H groups in total. The predicted octanol–water partition coefficient (Wildman–Crippen LogP) is 1.92. The number of hydrogen-bond acceptors (Lipinski definition) is 4. The van der Waals surface area contributed by atoms with Crippen LogP contribution in [0, 0.1) is 5.82 Å². The number of halogens is 1. The normalized spacial score (nSPS) is 17.0. The van der Waals surface area contributed by atoms with Crippen LogP contribution in [0.3, 0.4) is 0 Å². The number of hydrogen-bond donors (Lipinski definition) is 0. The molecule has 1 aliphatic heterocycles. The minimum Gasteiger partial charge on any atom is -0.491 e. The summed E-state index contributed by atoms with van der Waals surface area (Å²) in [7, 11) is -3.58. The van der Waals surface area contributed by atoms with Gasteiger partial charge < -0.3 is 4.74 Å². The second-order valence-corrected chi connectivity index (χ2v) is 6.76. The molecular formula is C11H14FNO3S2. The van der Waals surface area contributed by atoms with Crippen LogP contribution in [0.2, 0.25) is 0 Å². The van der Waals surface area contributed by atoms with Crippen LogP contribution in [0.15, 0.2) is 23.1 Å². The fourth-order valence-corrected chi connectivity index (χ4v) is 4.48. The van der Waals surface area contributed by atoms with Gasteiger partial charge in [0.1, 0.15) is 0 Å². The van der Waals surface area contributed by atoms with Gasteiger partial charge in [-0.1, -0.05) is 0 Å². The van der Waals surface area contributed by atoms with Crippen molar-refractivity contribution in [2.24, 2.45) is 0 Å². The Morgan fingerprint density at radius 3 is 2.83 bits per heavy atom. The molecular weight excluding hydrogens is 277 g/mol. The van der Waals surface area contributed by atoms with E-state index in [1.54, 1.807) is 18.7 Å². The molecule has 0 aromatic heterocycles. The molecule has 1 aromatic rings. The number of sulfonamides is 1. The fourth-order valence-electron chi connectivity index (χ4n) is 1.65. The molecule has 1 heterocycles. The maximum atomic E-state index is 13.6. The summed E-state index contributed by atoms with van der Waals surface area (Å²) in [6.07, 6.45) is 0.